The van der Waals surface area contributed by atoms with Crippen LogP contribution in [-0.2, 0) is 0 Å². The topological polar surface area (TPSA) is 70.1 Å². The van der Waals surface area contributed by atoms with Crippen LogP contribution in [0.2, 0.25) is 0 Å². The molecule has 4 nitrogen and oxygen atoms in total. The monoisotopic (exact) mass is 273 g/mol. The lowest BCUT2D eigenvalue weighted by molar-refractivity contribution is 0.0986. The van der Waals surface area contributed by atoms with Gasteiger partial charge >= 0.3 is 0 Å². The number of hydrogen-bond acceptors (Lipinski definition) is 3. The lowest BCUT2D eigenvalue weighted by Crippen LogP contribution is -2.38. The molecule has 100 valence electrons. The SMILES string of the molecule is N#Cc1cc(F)c(N(N)C(=O)c2ccccc2)cc1F. The number of hydrazine groups is 1. The van der Waals surface area contributed by atoms with E-state index in [2.05, 4.69) is 0 Å². The predicted molar refractivity (Wildman–Crippen MR) is 68.5 cm³/mol. The lowest BCUT2D eigenvalue weighted by Gasteiger charge is -2.17. The highest BCUT2D eigenvalue weighted by molar-refractivity contribution is 6.05. The van der Waals surface area contributed by atoms with Crippen molar-refractivity contribution in [3.63, 3.8) is 0 Å². The third-order valence-electron chi connectivity index (χ3n) is 2.66. The Hall–Kier alpha value is -2.78. The summed E-state index contributed by atoms with van der Waals surface area (Å²) in [6.45, 7) is 0. The molecule has 1 amide bonds. The molecule has 2 rings (SSSR count). The van der Waals surface area contributed by atoms with Gasteiger partial charge in [-0.05, 0) is 18.2 Å². The van der Waals surface area contributed by atoms with Gasteiger partial charge in [0.05, 0.1) is 11.3 Å². The first-order valence-corrected chi connectivity index (χ1v) is 5.58. The lowest BCUT2D eigenvalue weighted by atomic mass is 10.1. The third kappa shape index (κ3) is 2.48. The highest BCUT2D eigenvalue weighted by atomic mass is 19.1. The van der Waals surface area contributed by atoms with Crippen LogP contribution in [0.25, 0.3) is 0 Å². The number of amides is 1. The Morgan fingerprint density at radius 1 is 1.15 bits per heavy atom. The number of nitrogens with two attached hydrogens (primary N) is 1. The zero-order chi connectivity index (χ0) is 14.7. The average molecular weight is 273 g/mol. The van der Waals surface area contributed by atoms with Crippen LogP contribution in [0, 0.1) is 23.0 Å². The van der Waals surface area contributed by atoms with Crippen molar-refractivity contribution in [2.75, 3.05) is 5.01 Å². The van der Waals surface area contributed by atoms with E-state index in [1.807, 2.05) is 0 Å². The van der Waals surface area contributed by atoms with E-state index < -0.39 is 28.8 Å². The fourth-order valence-corrected chi connectivity index (χ4v) is 1.64. The minimum absolute atomic E-state index is 0.235. The first-order chi connectivity index (χ1) is 9.54. The second-order valence-corrected chi connectivity index (χ2v) is 3.94. The van der Waals surface area contributed by atoms with Crippen molar-refractivity contribution >= 4 is 11.6 Å². The van der Waals surface area contributed by atoms with Gasteiger partial charge in [0.1, 0.15) is 17.7 Å². The molecule has 20 heavy (non-hydrogen) atoms. The first kappa shape index (κ1) is 13.6. The number of halogens is 2. The highest BCUT2D eigenvalue weighted by Gasteiger charge is 2.19. The summed E-state index contributed by atoms with van der Waals surface area (Å²) < 4.78 is 27.2. The van der Waals surface area contributed by atoms with E-state index in [0.717, 1.165) is 0 Å². The smallest absolute Gasteiger partial charge is 0.267 e. The summed E-state index contributed by atoms with van der Waals surface area (Å²) >= 11 is 0. The molecular formula is C14H9F2N3O. The van der Waals surface area contributed by atoms with Crippen LogP contribution in [-0.4, -0.2) is 5.91 Å². The highest BCUT2D eigenvalue weighted by Crippen LogP contribution is 2.22. The van der Waals surface area contributed by atoms with Gasteiger partial charge in [-0.15, -0.1) is 0 Å². The molecule has 0 aliphatic heterocycles. The van der Waals surface area contributed by atoms with E-state index in [1.165, 1.54) is 18.2 Å². The normalized spacial score (nSPS) is 9.90. The number of anilines is 1. The van der Waals surface area contributed by atoms with Crippen molar-refractivity contribution in [2.45, 2.75) is 0 Å². The Labute approximate surface area is 113 Å². The van der Waals surface area contributed by atoms with Crippen LogP contribution < -0.4 is 10.9 Å². The maximum Gasteiger partial charge on any atom is 0.272 e. The van der Waals surface area contributed by atoms with Crippen molar-refractivity contribution < 1.29 is 13.6 Å². The zero-order valence-electron chi connectivity index (χ0n) is 10.2. The third-order valence-corrected chi connectivity index (χ3v) is 2.66. The second kappa shape index (κ2) is 5.47. The number of benzene rings is 2. The van der Waals surface area contributed by atoms with E-state index >= 15 is 0 Å². The number of nitriles is 1. The number of hydrogen-bond donors (Lipinski definition) is 1. The minimum atomic E-state index is -0.949. The number of carbonyl (C=O) groups is 1. The molecule has 0 bridgehead atoms. The van der Waals surface area contributed by atoms with Crippen LogP contribution in [0.15, 0.2) is 42.5 Å². The second-order valence-electron chi connectivity index (χ2n) is 3.94. The van der Waals surface area contributed by atoms with Crippen molar-refractivity contribution in [3.8, 4) is 6.07 Å². The van der Waals surface area contributed by atoms with Crippen LogP contribution >= 0.6 is 0 Å². The molecule has 0 unspecified atom stereocenters. The van der Waals surface area contributed by atoms with Gasteiger partial charge in [0, 0.05) is 11.6 Å². The molecule has 0 spiro atoms. The molecule has 0 saturated carbocycles. The fourth-order valence-electron chi connectivity index (χ4n) is 1.64. The van der Waals surface area contributed by atoms with Crippen molar-refractivity contribution in [1.29, 1.82) is 5.26 Å². The van der Waals surface area contributed by atoms with Crippen LogP contribution in [0.5, 0.6) is 0 Å². The Balaban J connectivity index is 2.40. The number of rotatable bonds is 2. The molecule has 0 fully saturated rings. The van der Waals surface area contributed by atoms with Gasteiger partial charge in [-0.3, -0.25) is 4.79 Å². The average Bonchev–Trinajstić information content (AvgIpc) is 2.48. The van der Waals surface area contributed by atoms with Gasteiger partial charge in [-0.2, -0.15) is 5.26 Å². The maximum absolute atomic E-state index is 13.8. The van der Waals surface area contributed by atoms with Crippen molar-refractivity contribution in [1.82, 2.24) is 0 Å². The van der Waals surface area contributed by atoms with E-state index in [1.54, 1.807) is 18.2 Å². The zero-order valence-corrected chi connectivity index (χ0v) is 10.2. The molecule has 0 aliphatic carbocycles. The molecular weight excluding hydrogens is 264 g/mol. The van der Waals surface area contributed by atoms with Crippen molar-refractivity contribution in [2.24, 2.45) is 5.84 Å². The standard InChI is InChI=1S/C14H9F2N3O/c15-11-7-13(12(16)6-10(11)8-17)19(18)14(20)9-4-2-1-3-5-9/h1-7H,18H2. The summed E-state index contributed by atoms with van der Waals surface area (Å²) in [5.41, 5.74) is -0.652. The first-order valence-electron chi connectivity index (χ1n) is 5.58. The molecule has 0 heterocycles. The van der Waals surface area contributed by atoms with E-state index in [-0.39, 0.29) is 5.56 Å². The number of nitrogens with zero attached hydrogens (tertiary/aromatic N) is 2. The fraction of sp³-hybridized carbons (Fsp3) is 0. The molecule has 2 N–H and O–H groups in total. The Morgan fingerprint density at radius 3 is 2.40 bits per heavy atom. The molecule has 2 aromatic carbocycles. The number of carbonyl (C=O) groups excluding carboxylic acids is 1. The molecule has 0 radical (unpaired) electrons. The summed E-state index contributed by atoms with van der Waals surface area (Å²) in [5, 5.41) is 9.10. The summed E-state index contributed by atoms with van der Waals surface area (Å²) in [5.74, 6) is 2.95. The summed E-state index contributed by atoms with van der Waals surface area (Å²) in [7, 11) is 0. The molecule has 0 aliphatic rings. The van der Waals surface area contributed by atoms with Gasteiger partial charge in [0.15, 0.2) is 0 Å². The Bertz CT molecular complexity index is 696. The summed E-state index contributed by atoms with van der Waals surface area (Å²) in [6, 6.07) is 10.9. The largest absolute Gasteiger partial charge is 0.272 e. The van der Waals surface area contributed by atoms with Gasteiger partial charge in [-0.1, -0.05) is 18.2 Å². The van der Waals surface area contributed by atoms with E-state index in [4.69, 9.17) is 11.1 Å². The van der Waals surface area contributed by atoms with Gasteiger partial charge in [0.2, 0.25) is 0 Å². The van der Waals surface area contributed by atoms with Crippen LogP contribution in [0.4, 0.5) is 14.5 Å². The summed E-state index contributed by atoms with van der Waals surface area (Å²) in [6.07, 6.45) is 0. The summed E-state index contributed by atoms with van der Waals surface area (Å²) in [4.78, 5) is 12.0. The predicted octanol–water partition coefficient (Wildman–Crippen LogP) is 2.36. The van der Waals surface area contributed by atoms with Gasteiger partial charge in [-0.25, -0.2) is 19.6 Å². The molecule has 2 aromatic rings. The Morgan fingerprint density at radius 2 is 1.80 bits per heavy atom. The van der Waals surface area contributed by atoms with Crippen LogP contribution in [0.3, 0.4) is 0 Å². The molecule has 6 heteroatoms. The maximum atomic E-state index is 13.8. The van der Waals surface area contributed by atoms with Gasteiger partial charge < -0.3 is 0 Å². The van der Waals surface area contributed by atoms with Crippen LogP contribution in [0.1, 0.15) is 15.9 Å². The molecule has 0 saturated heterocycles. The minimum Gasteiger partial charge on any atom is -0.267 e. The van der Waals surface area contributed by atoms with Crippen molar-refractivity contribution in [3.05, 3.63) is 65.2 Å². The van der Waals surface area contributed by atoms with E-state index in [9.17, 15) is 13.6 Å². The quantitative estimate of drug-likeness (QED) is 0.518. The molecule has 0 aromatic heterocycles. The Kier molecular flexibility index (Phi) is 3.73. The molecule has 0 atom stereocenters. The van der Waals surface area contributed by atoms with E-state index in [0.29, 0.717) is 17.1 Å². The van der Waals surface area contributed by atoms with Gasteiger partial charge in [0.25, 0.3) is 5.91 Å².